The van der Waals surface area contributed by atoms with Crippen LogP contribution in [0, 0.1) is 11.8 Å². The summed E-state index contributed by atoms with van der Waals surface area (Å²) in [5, 5.41) is 2.67. The van der Waals surface area contributed by atoms with Crippen LogP contribution in [0.3, 0.4) is 0 Å². The second-order valence-electron chi connectivity index (χ2n) is 7.81. The molecule has 1 fully saturated rings. The monoisotopic (exact) mass is 406 g/mol. The molecule has 0 atom stereocenters. The van der Waals surface area contributed by atoms with Gasteiger partial charge >= 0.3 is 0 Å². The van der Waals surface area contributed by atoms with Gasteiger partial charge in [0.2, 0.25) is 11.8 Å². The van der Waals surface area contributed by atoms with Crippen LogP contribution in [0.15, 0.2) is 18.2 Å². The van der Waals surface area contributed by atoms with E-state index < -0.39 is 0 Å². The number of Topliss-reactive ketones (excluding diaryl/α,β-unsaturated/α-hetero) is 1. The van der Waals surface area contributed by atoms with Crippen molar-refractivity contribution in [3.63, 3.8) is 0 Å². The Balaban J connectivity index is 0.000000308. The van der Waals surface area contributed by atoms with Crippen molar-refractivity contribution in [1.29, 1.82) is 0 Å². The number of carbonyl (C=O) groups excluding carboxylic acids is 3. The zero-order chi connectivity index (χ0) is 22.1. The molecule has 0 spiro atoms. The number of ether oxygens (including phenoxy) is 2. The lowest BCUT2D eigenvalue weighted by molar-refractivity contribution is -0.140. The number of ketones is 1. The van der Waals surface area contributed by atoms with Gasteiger partial charge in [0.05, 0.1) is 25.3 Å². The van der Waals surface area contributed by atoms with Crippen LogP contribution in [0.4, 0.5) is 0 Å². The summed E-state index contributed by atoms with van der Waals surface area (Å²) in [6.45, 7) is 12.8. The highest BCUT2D eigenvalue weighted by Gasteiger charge is 2.22. The van der Waals surface area contributed by atoms with Crippen molar-refractivity contribution >= 4 is 17.6 Å². The SMILES string of the molecule is CC(C)C(=O)N1CCNC(=O)C1.COc1ccc(C(=O)C(C)C)c(OC(C)C)c1. The molecule has 1 saturated heterocycles. The van der Waals surface area contributed by atoms with Gasteiger partial charge in [0, 0.05) is 31.0 Å². The molecule has 2 amide bonds. The van der Waals surface area contributed by atoms with Crippen LogP contribution in [-0.4, -0.2) is 55.3 Å². The van der Waals surface area contributed by atoms with Crippen molar-refractivity contribution in [2.75, 3.05) is 26.7 Å². The van der Waals surface area contributed by atoms with E-state index in [2.05, 4.69) is 5.32 Å². The Morgan fingerprint density at radius 2 is 1.72 bits per heavy atom. The van der Waals surface area contributed by atoms with E-state index in [1.165, 1.54) is 0 Å². The summed E-state index contributed by atoms with van der Waals surface area (Å²) in [5.41, 5.74) is 0.620. The Labute approximate surface area is 173 Å². The fourth-order valence-electron chi connectivity index (χ4n) is 2.69. The molecule has 0 bridgehead atoms. The van der Waals surface area contributed by atoms with Crippen LogP contribution in [0.1, 0.15) is 51.9 Å². The fourth-order valence-corrected chi connectivity index (χ4v) is 2.69. The highest BCUT2D eigenvalue weighted by Crippen LogP contribution is 2.27. The van der Waals surface area contributed by atoms with Crippen molar-refractivity contribution in [3.05, 3.63) is 23.8 Å². The van der Waals surface area contributed by atoms with Crippen molar-refractivity contribution in [3.8, 4) is 11.5 Å². The van der Waals surface area contributed by atoms with Gasteiger partial charge < -0.3 is 19.7 Å². The van der Waals surface area contributed by atoms with Gasteiger partial charge in [-0.3, -0.25) is 14.4 Å². The Morgan fingerprint density at radius 3 is 2.21 bits per heavy atom. The summed E-state index contributed by atoms with van der Waals surface area (Å²) in [6.07, 6.45) is 0.0285. The molecule has 0 saturated carbocycles. The van der Waals surface area contributed by atoms with Gasteiger partial charge in [-0.2, -0.15) is 0 Å². The van der Waals surface area contributed by atoms with Gasteiger partial charge in [-0.05, 0) is 26.0 Å². The number of carbonyl (C=O) groups is 3. The van der Waals surface area contributed by atoms with E-state index >= 15 is 0 Å². The maximum Gasteiger partial charge on any atom is 0.239 e. The number of benzene rings is 1. The molecule has 1 aliphatic heterocycles. The first-order chi connectivity index (χ1) is 13.6. The van der Waals surface area contributed by atoms with E-state index in [1.807, 2.05) is 41.5 Å². The largest absolute Gasteiger partial charge is 0.497 e. The van der Waals surface area contributed by atoms with Crippen LogP contribution < -0.4 is 14.8 Å². The van der Waals surface area contributed by atoms with Crippen LogP contribution >= 0.6 is 0 Å². The Morgan fingerprint density at radius 1 is 1.07 bits per heavy atom. The first kappa shape index (κ1) is 24.5. The first-order valence-corrected chi connectivity index (χ1v) is 10.0. The van der Waals surface area contributed by atoms with Crippen LogP contribution in [-0.2, 0) is 9.59 Å². The molecular formula is C22H34N2O5. The predicted molar refractivity (Wildman–Crippen MR) is 112 cm³/mol. The second-order valence-corrected chi connectivity index (χ2v) is 7.81. The first-order valence-electron chi connectivity index (χ1n) is 10.0. The summed E-state index contributed by atoms with van der Waals surface area (Å²) >= 11 is 0. The van der Waals surface area contributed by atoms with E-state index in [9.17, 15) is 14.4 Å². The minimum absolute atomic E-state index is 0.0177. The Kier molecular flexibility index (Phi) is 9.65. The average Bonchev–Trinajstić information content (AvgIpc) is 2.66. The van der Waals surface area contributed by atoms with E-state index in [1.54, 1.807) is 30.2 Å². The molecular weight excluding hydrogens is 372 g/mol. The lowest BCUT2D eigenvalue weighted by atomic mass is 10.00. The minimum Gasteiger partial charge on any atom is -0.497 e. The molecule has 1 heterocycles. The molecule has 1 aromatic carbocycles. The van der Waals surface area contributed by atoms with Gasteiger partial charge in [-0.15, -0.1) is 0 Å². The van der Waals surface area contributed by atoms with Crippen LogP contribution in [0.25, 0.3) is 0 Å². The Bertz CT molecular complexity index is 713. The third kappa shape index (κ3) is 7.75. The normalized spacial score (nSPS) is 13.7. The molecule has 7 nitrogen and oxygen atoms in total. The Hall–Kier alpha value is -2.57. The predicted octanol–water partition coefficient (Wildman–Crippen LogP) is 2.92. The van der Waals surface area contributed by atoms with Gasteiger partial charge in [0.25, 0.3) is 0 Å². The molecule has 2 rings (SSSR count). The molecule has 0 unspecified atom stereocenters. The van der Waals surface area contributed by atoms with Gasteiger partial charge in [-0.1, -0.05) is 27.7 Å². The molecule has 1 aromatic rings. The average molecular weight is 407 g/mol. The lowest BCUT2D eigenvalue weighted by Gasteiger charge is -2.27. The zero-order valence-corrected chi connectivity index (χ0v) is 18.6. The topological polar surface area (TPSA) is 84.9 Å². The molecule has 0 radical (unpaired) electrons. The number of hydrogen-bond acceptors (Lipinski definition) is 5. The van der Waals surface area contributed by atoms with Gasteiger partial charge in [-0.25, -0.2) is 0 Å². The highest BCUT2D eigenvalue weighted by molar-refractivity contribution is 6.00. The van der Waals surface area contributed by atoms with E-state index in [0.29, 0.717) is 30.2 Å². The maximum absolute atomic E-state index is 12.0. The van der Waals surface area contributed by atoms with Gasteiger partial charge in [0.15, 0.2) is 5.78 Å². The third-order valence-corrected chi connectivity index (χ3v) is 4.19. The molecule has 0 aromatic heterocycles. The zero-order valence-electron chi connectivity index (χ0n) is 18.6. The molecule has 1 aliphatic rings. The summed E-state index contributed by atoms with van der Waals surface area (Å²) in [4.78, 5) is 35.9. The summed E-state index contributed by atoms with van der Waals surface area (Å²) in [5.74, 6) is 1.32. The van der Waals surface area contributed by atoms with Crippen LogP contribution in [0.2, 0.25) is 0 Å². The van der Waals surface area contributed by atoms with Crippen molar-refractivity contribution in [2.45, 2.75) is 47.6 Å². The number of rotatable bonds is 6. The number of piperazine rings is 1. The van der Waals surface area contributed by atoms with Crippen molar-refractivity contribution < 1.29 is 23.9 Å². The van der Waals surface area contributed by atoms with E-state index in [0.717, 1.165) is 0 Å². The number of nitrogens with zero attached hydrogens (tertiary/aromatic N) is 1. The molecule has 0 aliphatic carbocycles. The molecule has 29 heavy (non-hydrogen) atoms. The van der Waals surface area contributed by atoms with Gasteiger partial charge in [0.1, 0.15) is 11.5 Å². The number of amides is 2. The van der Waals surface area contributed by atoms with Crippen LogP contribution in [0.5, 0.6) is 11.5 Å². The van der Waals surface area contributed by atoms with E-state index in [4.69, 9.17) is 9.47 Å². The number of methoxy groups -OCH3 is 1. The van der Waals surface area contributed by atoms with Crippen molar-refractivity contribution in [2.24, 2.45) is 11.8 Å². The fraction of sp³-hybridized carbons (Fsp3) is 0.591. The number of nitrogens with one attached hydrogen (secondary N) is 1. The lowest BCUT2D eigenvalue weighted by Crippen LogP contribution is -2.51. The highest BCUT2D eigenvalue weighted by atomic mass is 16.5. The summed E-state index contributed by atoms with van der Waals surface area (Å²) in [6, 6.07) is 5.30. The third-order valence-electron chi connectivity index (χ3n) is 4.19. The summed E-state index contributed by atoms with van der Waals surface area (Å²) in [7, 11) is 1.60. The summed E-state index contributed by atoms with van der Waals surface area (Å²) < 4.78 is 10.8. The standard InChI is InChI=1S/C14H20O3.C8H14N2O2/c1-9(2)14(15)12-7-6-11(16-5)8-13(12)17-10(3)4;1-6(2)8(12)10-4-3-9-7(11)5-10/h6-10H,1-5H3;6H,3-5H2,1-2H3,(H,9,11). The maximum atomic E-state index is 12.0. The quantitative estimate of drug-likeness (QED) is 0.734. The second kappa shape index (κ2) is 11.4. The number of hydrogen-bond donors (Lipinski definition) is 1. The van der Waals surface area contributed by atoms with Crippen molar-refractivity contribution in [1.82, 2.24) is 10.2 Å². The smallest absolute Gasteiger partial charge is 0.239 e. The molecule has 7 heteroatoms. The molecule has 1 N–H and O–H groups in total. The van der Waals surface area contributed by atoms with E-state index in [-0.39, 0.29) is 42.1 Å². The minimum atomic E-state index is -0.0600. The molecule has 162 valence electrons.